The summed E-state index contributed by atoms with van der Waals surface area (Å²) >= 11 is 0. The van der Waals surface area contributed by atoms with Gasteiger partial charge in [-0.25, -0.2) is 0 Å². The molecule has 2 atom stereocenters. The summed E-state index contributed by atoms with van der Waals surface area (Å²) in [5.74, 6) is 0.633. The Labute approximate surface area is 117 Å². The minimum absolute atomic E-state index is 0. The predicted molar refractivity (Wildman–Crippen MR) is 80.6 cm³/mol. The van der Waals surface area contributed by atoms with Crippen LogP contribution in [0, 0.1) is 0 Å². The van der Waals surface area contributed by atoms with Crippen molar-refractivity contribution in [1.82, 2.24) is 10.2 Å². The third kappa shape index (κ3) is 3.98. The minimum Gasteiger partial charge on any atom is -0.318 e. The summed E-state index contributed by atoms with van der Waals surface area (Å²) in [5.41, 5.74) is 1.46. The molecule has 0 amide bonds. The predicted octanol–water partition coefficient (Wildman–Crippen LogP) is 2.90. The molecule has 2 nitrogen and oxygen atoms in total. The molecular formula is C15H25ClN2. The van der Waals surface area contributed by atoms with Crippen LogP contribution in [-0.4, -0.2) is 37.6 Å². The van der Waals surface area contributed by atoms with Gasteiger partial charge in [-0.05, 0) is 37.9 Å². The quantitative estimate of drug-likeness (QED) is 0.883. The standard InChI is InChI=1S/C15H24N2.ClH/c1-13(14-7-4-3-5-8-14)12-17-10-6-9-15(17)11-16-2;/h3-5,7-8,13,15-16H,6,9-12H2,1-2H3;1H. The Morgan fingerprint density at radius 3 is 2.72 bits per heavy atom. The van der Waals surface area contributed by atoms with Gasteiger partial charge >= 0.3 is 0 Å². The van der Waals surface area contributed by atoms with Gasteiger partial charge in [-0.3, -0.25) is 4.90 Å². The maximum atomic E-state index is 3.31. The Bertz CT molecular complexity index is 329. The molecule has 1 aromatic rings. The number of likely N-dealkylation sites (N-methyl/N-ethyl adjacent to an activating group) is 1. The molecule has 1 N–H and O–H groups in total. The molecule has 102 valence electrons. The third-order valence-corrected chi connectivity index (χ3v) is 3.82. The Balaban J connectivity index is 0.00000162. The highest BCUT2D eigenvalue weighted by molar-refractivity contribution is 5.85. The van der Waals surface area contributed by atoms with Gasteiger partial charge in [0.2, 0.25) is 0 Å². The lowest BCUT2D eigenvalue weighted by molar-refractivity contribution is 0.239. The van der Waals surface area contributed by atoms with E-state index in [1.165, 1.54) is 31.5 Å². The van der Waals surface area contributed by atoms with E-state index in [4.69, 9.17) is 0 Å². The zero-order valence-electron chi connectivity index (χ0n) is 11.4. The average molecular weight is 269 g/mol. The van der Waals surface area contributed by atoms with E-state index in [-0.39, 0.29) is 12.4 Å². The lowest BCUT2D eigenvalue weighted by atomic mass is 10.0. The fourth-order valence-electron chi connectivity index (χ4n) is 2.84. The van der Waals surface area contributed by atoms with Gasteiger partial charge in [-0.2, -0.15) is 0 Å². The van der Waals surface area contributed by atoms with Gasteiger partial charge in [0.15, 0.2) is 0 Å². The van der Waals surface area contributed by atoms with E-state index in [9.17, 15) is 0 Å². The number of rotatable bonds is 5. The van der Waals surface area contributed by atoms with Crippen molar-refractivity contribution in [3.63, 3.8) is 0 Å². The fourth-order valence-corrected chi connectivity index (χ4v) is 2.84. The van der Waals surface area contributed by atoms with Crippen LogP contribution in [-0.2, 0) is 0 Å². The molecule has 2 rings (SSSR count). The van der Waals surface area contributed by atoms with Gasteiger partial charge in [0, 0.05) is 19.1 Å². The van der Waals surface area contributed by atoms with Crippen LogP contribution in [0.15, 0.2) is 30.3 Å². The maximum Gasteiger partial charge on any atom is 0.0221 e. The van der Waals surface area contributed by atoms with Gasteiger partial charge in [0.1, 0.15) is 0 Å². The van der Waals surface area contributed by atoms with Crippen LogP contribution < -0.4 is 5.32 Å². The number of hydrogen-bond donors (Lipinski definition) is 1. The fraction of sp³-hybridized carbons (Fsp3) is 0.600. The molecule has 1 aliphatic heterocycles. The van der Waals surface area contributed by atoms with E-state index in [2.05, 4.69) is 54.5 Å². The van der Waals surface area contributed by atoms with E-state index < -0.39 is 0 Å². The summed E-state index contributed by atoms with van der Waals surface area (Å²) < 4.78 is 0. The summed E-state index contributed by atoms with van der Waals surface area (Å²) in [4.78, 5) is 2.65. The van der Waals surface area contributed by atoms with Gasteiger partial charge in [-0.15, -0.1) is 12.4 Å². The number of benzene rings is 1. The van der Waals surface area contributed by atoms with Crippen LogP contribution >= 0.6 is 12.4 Å². The average Bonchev–Trinajstić information content (AvgIpc) is 2.78. The van der Waals surface area contributed by atoms with Crippen LogP contribution in [0.1, 0.15) is 31.2 Å². The van der Waals surface area contributed by atoms with Crippen LogP contribution in [0.3, 0.4) is 0 Å². The second kappa shape index (κ2) is 7.78. The molecule has 3 heteroatoms. The highest BCUT2D eigenvalue weighted by Crippen LogP contribution is 2.22. The van der Waals surface area contributed by atoms with Crippen molar-refractivity contribution >= 4 is 12.4 Å². The van der Waals surface area contributed by atoms with Gasteiger partial charge < -0.3 is 5.32 Å². The van der Waals surface area contributed by atoms with Crippen molar-refractivity contribution in [3.8, 4) is 0 Å². The zero-order valence-corrected chi connectivity index (χ0v) is 12.2. The van der Waals surface area contributed by atoms with Crippen LogP contribution in [0.4, 0.5) is 0 Å². The first-order chi connectivity index (χ1) is 8.31. The van der Waals surface area contributed by atoms with Crippen LogP contribution in [0.2, 0.25) is 0 Å². The van der Waals surface area contributed by atoms with Crippen LogP contribution in [0.25, 0.3) is 0 Å². The van der Waals surface area contributed by atoms with E-state index in [0.29, 0.717) is 5.92 Å². The monoisotopic (exact) mass is 268 g/mol. The number of nitrogens with one attached hydrogen (secondary N) is 1. The Morgan fingerprint density at radius 2 is 2.06 bits per heavy atom. The minimum atomic E-state index is 0. The Kier molecular flexibility index (Phi) is 6.69. The largest absolute Gasteiger partial charge is 0.318 e. The van der Waals surface area contributed by atoms with E-state index in [1.807, 2.05) is 0 Å². The molecule has 18 heavy (non-hydrogen) atoms. The van der Waals surface area contributed by atoms with Gasteiger partial charge in [-0.1, -0.05) is 37.3 Å². The summed E-state index contributed by atoms with van der Waals surface area (Å²) in [6.45, 7) is 5.92. The molecule has 0 radical (unpaired) electrons. The van der Waals surface area contributed by atoms with E-state index in [0.717, 1.165) is 12.6 Å². The highest BCUT2D eigenvalue weighted by atomic mass is 35.5. The SMILES string of the molecule is CNCC1CCCN1CC(C)c1ccccc1.Cl. The van der Waals surface area contributed by atoms with Gasteiger partial charge in [0.05, 0.1) is 0 Å². The molecule has 0 spiro atoms. The number of nitrogens with zero attached hydrogens (tertiary/aromatic N) is 1. The first-order valence-corrected chi connectivity index (χ1v) is 6.75. The smallest absolute Gasteiger partial charge is 0.0221 e. The molecular weight excluding hydrogens is 244 g/mol. The van der Waals surface area contributed by atoms with Gasteiger partial charge in [0.25, 0.3) is 0 Å². The van der Waals surface area contributed by atoms with Crippen molar-refractivity contribution < 1.29 is 0 Å². The maximum absolute atomic E-state index is 3.31. The van der Waals surface area contributed by atoms with Crippen molar-refractivity contribution in [2.24, 2.45) is 0 Å². The van der Waals surface area contributed by atoms with E-state index in [1.54, 1.807) is 0 Å². The molecule has 0 saturated carbocycles. The normalized spacial score (nSPS) is 21.6. The second-order valence-corrected chi connectivity index (χ2v) is 5.16. The van der Waals surface area contributed by atoms with Crippen molar-refractivity contribution in [3.05, 3.63) is 35.9 Å². The second-order valence-electron chi connectivity index (χ2n) is 5.16. The molecule has 1 aromatic carbocycles. The van der Waals surface area contributed by atoms with Crippen molar-refractivity contribution in [2.75, 3.05) is 26.7 Å². The topological polar surface area (TPSA) is 15.3 Å². The molecule has 1 saturated heterocycles. The summed E-state index contributed by atoms with van der Waals surface area (Å²) in [5, 5.41) is 3.31. The van der Waals surface area contributed by atoms with Crippen LogP contribution in [0.5, 0.6) is 0 Å². The molecule has 1 heterocycles. The summed E-state index contributed by atoms with van der Waals surface area (Å²) in [6.07, 6.45) is 2.70. The molecule has 0 aliphatic carbocycles. The van der Waals surface area contributed by atoms with E-state index >= 15 is 0 Å². The first kappa shape index (κ1) is 15.5. The molecule has 1 aliphatic rings. The Morgan fingerprint density at radius 1 is 1.33 bits per heavy atom. The molecule has 2 unspecified atom stereocenters. The first-order valence-electron chi connectivity index (χ1n) is 6.75. The molecule has 0 aromatic heterocycles. The number of halogens is 1. The molecule has 0 bridgehead atoms. The van der Waals surface area contributed by atoms with Crippen molar-refractivity contribution in [2.45, 2.75) is 31.7 Å². The molecule has 1 fully saturated rings. The third-order valence-electron chi connectivity index (χ3n) is 3.82. The number of hydrogen-bond acceptors (Lipinski definition) is 2. The lowest BCUT2D eigenvalue weighted by Gasteiger charge is -2.27. The summed E-state index contributed by atoms with van der Waals surface area (Å²) in [6, 6.07) is 11.6. The zero-order chi connectivity index (χ0) is 12.1. The van der Waals surface area contributed by atoms with Crippen molar-refractivity contribution in [1.29, 1.82) is 0 Å². The highest BCUT2D eigenvalue weighted by Gasteiger charge is 2.25. The summed E-state index contributed by atoms with van der Waals surface area (Å²) in [7, 11) is 2.05. The Hall–Kier alpha value is -0.570. The number of likely N-dealkylation sites (tertiary alicyclic amines) is 1. The lowest BCUT2D eigenvalue weighted by Crippen LogP contribution is -2.38.